The highest BCUT2D eigenvalue weighted by Gasteiger charge is 2.28. The minimum absolute atomic E-state index is 0.0736. The maximum absolute atomic E-state index is 13.2. The minimum atomic E-state index is -0.0736. The lowest BCUT2D eigenvalue weighted by atomic mass is 9.99. The summed E-state index contributed by atoms with van der Waals surface area (Å²) in [6, 6.07) is 6.59. The number of rotatable bonds is 4. The van der Waals surface area contributed by atoms with Gasteiger partial charge in [0.15, 0.2) is 5.65 Å². The van der Waals surface area contributed by atoms with E-state index < -0.39 is 0 Å². The van der Waals surface area contributed by atoms with Crippen LogP contribution >= 0.6 is 11.3 Å². The van der Waals surface area contributed by atoms with Gasteiger partial charge in [-0.2, -0.15) is 0 Å². The van der Waals surface area contributed by atoms with E-state index in [9.17, 15) is 9.59 Å². The first-order valence-corrected chi connectivity index (χ1v) is 11.7. The first kappa shape index (κ1) is 19.5. The van der Waals surface area contributed by atoms with E-state index in [0.717, 1.165) is 30.9 Å². The van der Waals surface area contributed by atoms with Crippen LogP contribution < -0.4 is 5.56 Å². The molecule has 5 rings (SSSR count). The molecule has 0 bridgehead atoms. The first-order valence-electron chi connectivity index (χ1n) is 10.8. The van der Waals surface area contributed by atoms with Gasteiger partial charge >= 0.3 is 0 Å². The summed E-state index contributed by atoms with van der Waals surface area (Å²) in [5, 5.41) is 5.47. The van der Waals surface area contributed by atoms with Gasteiger partial charge in [0, 0.05) is 36.9 Å². The van der Waals surface area contributed by atoms with Crippen LogP contribution in [0.25, 0.3) is 5.65 Å². The third kappa shape index (κ3) is 3.48. The smallest absolute Gasteiger partial charge is 0.277 e. The number of amides is 1. The maximum atomic E-state index is 13.2. The Balaban J connectivity index is 1.48. The van der Waals surface area contributed by atoms with Crippen molar-refractivity contribution in [3.8, 4) is 0 Å². The van der Waals surface area contributed by atoms with Gasteiger partial charge < -0.3 is 4.90 Å². The van der Waals surface area contributed by atoms with Gasteiger partial charge in [0.2, 0.25) is 5.91 Å². The molecule has 3 aromatic heterocycles. The van der Waals surface area contributed by atoms with Gasteiger partial charge in [0.25, 0.3) is 5.56 Å². The average molecular weight is 426 g/mol. The molecule has 1 saturated heterocycles. The van der Waals surface area contributed by atoms with Crippen molar-refractivity contribution in [3.05, 3.63) is 55.8 Å². The Bertz CT molecular complexity index is 1120. The molecule has 7 nitrogen and oxygen atoms in total. The zero-order valence-corrected chi connectivity index (χ0v) is 18.1. The van der Waals surface area contributed by atoms with Crippen LogP contribution in [0.5, 0.6) is 0 Å². The van der Waals surface area contributed by atoms with Crippen molar-refractivity contribution < 1.29 is 4.79 Å². The second-order valence-electron chi connectivity index (χ2n) is 8.23. The van der Waals surface area contributed by atoms with Crippen molar-refractivity contribution in [2.24, 2.45) is 0 Å². The van der Waals surface area contributed by atoms with E-state index >= 15 is 0 Å². The lowest BCUT2D eigenvalue weighted by molar-refractivity contribution is -0.131. The van der Waals surface area contributed by atoms with Crippen molar-refractivity contribution in [2.45, 2.75) is 58.2 Å². The summed E-state index contributed by atoms with van der Waals surface area (Å²) in [7, 11) is 0. The summed E-state index contributed by atoms with van der Waals surface area (Å²) in [5.41, 5.74) is 3.15. The second-order valence-corrected chi connectivity index (χ2v) is 9.26. The van der Waals surface area contributed by atoms with Crippen LogP contribution in [-0.4, -0.2) is 43.4 Å². The van der Waals surface area contributed by atoms with Crippen molar-refractivity contribution in [1.29, 1.82) is 0 Å². The Labute approximate surface area is 179 Å². The molecule has 3 aromatic rings. The van der Waals surface area contributed by atoms with Crippen molar-refractivity contribution in [2.75, 3.05) is 13.1 Å². The molecule has 2 aliphatic rings. The number of hydrogen-bond acceptors (Lipinski definition) is 5. The Morgan fingerprint density at radius 1 is 1.33 bits per heavy atom. The summed E-state index contributed by atoms with van der Waals surface area (Å²) in [4.78, 5) is 35.7. The highest BCUT2D eigenvalue weighted by molar-refractivity contribution is 7.09. The highest BCUT2D eigenvalue weighted by Crippen LogP contribution is 2.32. The Kier molecular flexibility index (Phi) is 5.20. The fourth-order valence-corrected chi connectivity index (χ4v) is 5.47. The zero-order valence-electron chi connectivity index (χ0n) is 17.3. The molecule has 1 N–H and O–H groups in total. The van der Waals surface area contributed by atoms with E-state index in [1.54, 1.807) is 20.8 Å². The molecule has 1 amide bonds. The molecule has 0 saturated carbocycles. The normalized spacial score (nSPS) is 19.9. The molecule has 158 valence electrons. The Morgan fingerprint density at radius 2 is 2.23 bits per heavy atom. The molecule has 1 unspecified atom stereocenters. The third-order valence-corrected chi connectivity index (χ3v) is 7.21. The van der Waals surface area contributed by atoms with E-state index in [2.05, 4.69) is 27.5 Å². The summed E-state index contributed by atoms with van der Waals surface area (Å²) < 4.78 is 1.58. The van der Waals surface area contributed by atoms with Gasteiger partial charge in [-0.05, 0) is 30.8 Å². The lowest BCUT2D eigenvalue weighted by Gasteiger charge is -2.34. The van der Waals surface area contributed by atoms with E-state index in [4.69, 9.17) is 4.98 Å². The van der Waals surface area contributed by atoms with Gasteiger partial charge in [-0.15, -0.1) is 11.3 Å². The van der Waals surface area contributed by atoms with Crippen LogP contribution in [0.15, 0.2) is 28.4 Å². The predicted molar refractivity (Wildman–Crippen MR) is 117 cm³/mol. The zero-order chi connectivity index (χ0) is 20.7. The van der Waals surface area contributed by atoms with Crippen LogP contribution in [0.3, 0.4) is 0 Å². The monoisotopic (exact) mass is 425 g/mol. The molecule has 0 radical (unpaired) electrons. The number of hydrogen-bond donors (Lipinski definition) is 1. The van der Waals surface area contributed by atoms with Crippen LogP contribution in [0, 0.1) is 0 Å². The molecular weight excluding hydrogens is 398 g/mol. The van der Waals surface area contributed by atoms with Gasteiger partial charge in [0.05, 0.1) is 29.5 Å². The van der Waals surface area contributed by atoms with E-state index in [-0.39, 0.29) is 17.5 Å². The van der Waals surface area contributed by atoms with Crippen molar-refractivity contribution in [3.63, 3.8) is 0 Å². The summed E-state index contributed by atoms with van der Waals surface area (Å²) >= 11 is 1.79. The highest BCUT2D eigenvalue weighted by atomic mass is 32.1. The SMILES string of the molecule is CCC(=O)N1CCc2nc3cc(C4CCCCN4Cc4cccs4)[nH]n3c(=O)c2C1. The molecule has 30 heavy (non-hydrogen) atoms. The molecular formula is C22H27N5O2S. The number of nitrogens with zero attached hydrogens (tertiary/aromatic N) is 4. The van der Waals surface area contributed by atoms with E-state index in [1.165, 1.54) is 17.7 Å². The standard InChI is InChI=1S/C22H27N5O2S/c1-2-21(28)26-10-8-17-16(14-26)22(29)27-20(23-17)12-18(24-27)19-7-3-4-9-25(19)13-15-6-5-11-30-15/h5-6,11-12,19,24H,2-4,7-10,13-14H2,1H3. The number of aromatic amines is 1. The first-order chi connectivity index (χ1) is 14.6. The number of likely N-dealkylation sites (tertiary alicyclic amines) is 1. The van der Waals surface area contributed by atoms with E-state index in [0.29, 0.717) is 37.1 Å². The lowest BCUT2D eigenvalue weighted by Crippen LogP contribution is -2.40. The molecule has 0 spiro atoms. The van der Waals surface area contributed by atoms with Gasteiger partial charge in [0.1, 0.15) is 0 Å². The van der Waals surface area contributed by atoms with Crippen LogP contribution in [0.1, 0.15) is 60.5 Å². The number of thiophene rings is 1. The number of H-pyrrole nitrogens is 1. The fourth-order valence-electron chi connectivity index (χ4n) is 4.74. The number of fused-ring (bicyclic) bond motifs is 2. The average Bonchev–Trinajstić information content (AvgIpc) is 3.43. The number of carbonyl (C=O) groups excluding carboxylic acids is 1. The quantitative estimate of drug-likeness (QED) is 0.697. The van der Waals surface area contributed by atoms with Crippen molar-refractivity contribution in [1.82, 2.24) is 24.4 Å². The largest absolute Gasteiger partial charge is 0.338 e. The second kappa shape index (κ2) is 8.00. The van der Waals surface area contributed by atoms with Crippen LogP contribution in [-0.2, 0) is 24.3 Å². The molecule has 8 heteroatoms. The van der Waals surface area contributed by atoms with Gasteiger partial charge in [-0.1, -0.05) is 19.4 Å². The number of aromatic nitrogens is 3. The fraction of sp³-hybridized carbons (Fsp3) is 0.500. The topological polar surface area (TPSA) is 73.7 Å². The third-order valence-electron chi connectivity index (χ3n) is 6.35. The van der Waals surface area contributed by atoms with Crippen LogP contribution in [0.2, 0.25) is 0 Å². The van der Waals surface area contributed by atoms with Gasteiger partial charge in [-0.3, -0.25) is 19.6 Å². The number of carbonyl (C=O) groups is 1. The van der Waals surface area contributed by atoms with Gasteiger partial charge in [-0.25, -0.2) is 9.50 Å². The molecule has 0 aliphatic carbocycles. The van der Waals surface area contributed by atoms with Crippen molar-refractivity contribution >= 4 is 22.9 Å². The molecule has 5 heterocycles. The summed E-state index contributed by atoms with van der Waals surface area (Å²) in [6.07, 6.45) is 4.57. The maximum Gasteiger partial charge on any atom is 0.277 e. The number of nitrogens with one attached hydrogen (secondary N) is 1. The van der Waals surface area contributed by atoms with E-state index in [1.807, 2.05) is 13.0 Å². The molecule has 2 aliphatic heterocycles. The summed E-state index contributed by atoms with van der Waals surface area (Å²) in [6.45, 7) is 4.85. The minimum Gasteiger partial charge on any atom is -0.338 e. The molecule has 1 atom stereocenters. The predicted octanol–water partition coefficient (Wildman–Crippen LogP) is 3.11. The summed E-state index contributed by atoms with van der Waals surface area (Å²) in [5.74, 6) is 0.0868. The molecule has 1 fully saturated rings. The molecule has 0 aromatic carbocycles. The van der Waals surface area contributed by atoms with Crippen LogP contribution in [0.4, 0.5) is 0 Å². The Hall–Kier alpha value is -2.45. The number of piperidine rings is 1. The Morgan fingerprint density at radius 3 is 3.03 bits per heavy atom.